The van der Waals surface area contributed by atoms with E-state index in [1.807, 2.05) is 18.2 Å². The average molecular weight is 334 g/mol. The highest BCUT2D eigenvalue weighted by molar-refractivity contribution is 6.00. The molecule has 1 aliphatic carbocycles. The lowest BCUT2D eigenvalue weighted by atomic mass is 9.84. The highest BCUT2D eigenvalue weighted by Crippen LogP contribution is 2.33. The van der Waals surface area contributed by atoms with Crippen molar-refractivity contribution in [2.75, 3.05) is 6.54 Å². The topological polar surface area (TPSA) is 58.2 Å². The molecule has 2 atom stereocenters. The molecule has 25 heavy (non-hydrogen) atoms. The molecule has 1 aliphatic heterocycles. The molecule has 2 unspecified atom stereocenters. The van der Waals surface area contributed by atoms with E-state index >= 15 is 0 Å². The monoisotopic (exact) mass is 334 g/mol. The number of hydrogen-bond acceptors (Lipinski definition) is 2. The molecule has 0 saturated heterocycles. The lowest BCUT2D eigenvalue weighted by molar-refractivity contribution is -0.123. The zero-order chi connectivity index (χ0) is 17.4. The summed E-state index contributed by atoms with van der Waals surface area (Å²) in [5, 5.41) is 6.07. The summed E-state index contributed by atoms with van der Waals surface area (Å²) in [6, 6.07) is 13.8. The van der Waals surface area contributed by atoms with Crippen LogP contribution in [0.1, 0.15) is 57.4 Å². The van der Waals surface area contributed by atoms with E-state index in [0.29, 0.717) is 12.1 Å². The van der Waals surface area contributed by atoms with Gasteiger partial charge in [0, 0.05) is 12.1 Å². The van der Waals surface area contributed by atoms with Crippen molar-refractivity contribution in [3.63, 3.8) is 0 Å². The number of aryl methyl sites for hydroxylation is 1. The first-order valence-corrected chi connectivity index (χ1v) is 8.91. The maximum atomic E-state index is 13.0. The van der Waals surface area contributed by atoms with Crippen molar-refractivity contribution >= 4 is 11.8 Å². The number of rotatable bonds is 2. The van der Waals surface area contributed by atoms with Crippen LogP contribution in [0.3, 0.4) is 0 Å². The number of carbonyl (C=O) groups is 2. The van der Waals surface area contributed by atoms with E-state index in [0.717, 1.165) is 24.8 Å². The number of amides is 2. The van der Waals surface area contributed by atoms with Crippen molar-refractivity contribution in [2.45, 2.75) is 38.1 Å². The Hall–Kier alpha value is -2.62. The highest BCUT2D eigenvalue weighted by Gasteiger charge is 2.32. The van der Waals surface area contributed by atoms with Gasteiger partial charge in [-0.2, -0.15) is 0 Å². The van der Waals surface area contributed by atoms with Gasteiger partial charge < -0.3 is 10.6 Å². The van der Waals surface area contributed by atoms with E-state index in [2.05, 4.69) is 35.8 Å². The fraction of sp³-hybridized carbons (Fsp3) is 0.333. The normalized spacial score (nSPS) is 21.7. The van der Waals surface area contributed by atoms with Crippen LogP contribution in [0.15, 0.2) is 42.5 Å². The molecule has 2 aliphatic rings. The van der Waals surface area contributed by atoms with E-state index in [9.17, 15) is 9.59 Å². The minimum Gasteiger partial charge on any atom is -0.351 e. The molecular formula is C21H22N2O2. The van der Waals surface area contributed by atoms with Crippen molar-refractivity contribution in [1.82, 2.24) is 10.6 Å². The summed E-state index contributed by atoms with van der Waals surface area (Å²) in [6.07, 6.45) is 3.13. The SMILES string of the molecule is Cc1cccc2c1CCCC2NC(=O)C1CNC(=O)c2ccccc21. The Morgan fingerprint density at radius 2 is 1.92 bits per heavy atom. The number of nitrogens with one attached hydrogen (secondary N) is 2. The van der Waals surface area contributed by atoms with Crippen LogP contribution in [0.5, 0.6) is 0 Å². The van der Waals surface area contributed by atoms with Crippen molar-refractivity contribution in [3.05, 3.63) is 70.3 Å². The molecule has 128 valence electrons. The third kappa shape index (κ3) is 2.82. The van der Waals surface area contributed by atoms with Gasteiger partial charge in [-0.15, -0.1) is 0 Å². The summed E-state index contributed by atoms with van der Waals surface area (Å²) in [5.74, 6) is -0.436. The van der Waals surface area contributed by atoms with Gasteiger partial charge in [-0.3, -0.25) is 9.59 Å². The zero-order valence-corrected chi connectivity index (χ0v) is 14.3. The van der Waals surface area contributed by atoms with Gasteiger partial charge in [0.15, 0.2) is 0 Å². The molecule has 0 aromatic heterocycles. The Bertz CT molecular complexity index is 844. The Labute approximate surface area is 147 Å². The summed E-state index contributed by atoms with van der Waals surface area (Å²) in [5.41, 5.74) is 5.34. The number of carbonyl (C=O) groups excluding carboxylic acids is 2. The van der Waals surface area contributed by atoms with Crippen LogP contribution in [0.4, 0.5) is 0 Å². The van der Waals surface area contributed by atoms with Gasteiger partial charge >= 0.3 is 0 Å². The van der Waals surface area contributed by atoms with Crippen LogP contribution >= 0.6 is 0 Å². The van der Waals surface area contributed by atoms with Gasteiger partial charge in [0.25, 0.3) is 5.91 Å². The van der Waals surface area contributed by atoms with Gasteiger partial charge in [-0.05, 0) is 54.5 Å². The Balaban J connectivity index is 1.59. The van der Waals surface area contributed by atoms with Crippen LogP contribution in [-0.2, 0) is 11.2 Å². The van der Waals surface area contributed by atoms with Crippen molar-refractivity contribution in [2.24, 2.45) is 0 Å². The van der Waals surface area contributed by atoms with Crippen molar-refractivity contribution in [1.29, 1.82) is 0 Å². The molecule has 1 heterocycles. The Kier molecular flexibility index (Phi) is 4.04. The summed E-state index contributed by atoms with van der Waals surface area (Å²) in [7, 11) is 0. The van der Waals surface area contributed by atoms with Gasteiger partial charge in [-0.25, -0.2) is 0 Å². The van der Waals surface area contributed by atoms with Crippen LogP contribution < -0.4 is 10.6 Å². The van der Waals surface area contributed by atoms with Gasteiger partial charge in [-0.1, -0.05) is 36.4 Å². The van der Waals surface area contributed by atoms with Gasteiger partial charge in [0.1, 0.15) is 0 Å². The molecule has 4 nitrogen and oxygen atoms in total. The van der Waals surface area contributed by atoms with Crippen LogP contribution in [0.25, 0.3) is 0 Å². The first-order valence-electron chi connectivity index (χ1n) is 8.91. The van der Waals surface area contributed by atoms with E-state index < -0.39 is 0 Å². The maximum absolute atomic E-state index is 13.0. The largest absolute Gasteiger partial charge is 0.351 e. The second-order valence-corrected chi connectivity index (χ2v) is 6.95. The average Bonchev–Trinajstić information content (AvgIpc) is 2.63. The lowest BCUT2D eigenvalue weighted by Crippen LogP contribution is -2.43. The van der Waals surface area contributed by atoms with Gasteiger partial charge in [0.2, 0.25) is 5.91 Å². The number of benzene rings is 2. The van der Waals surface area contributed by atoms with Crippen molar-refractivity contribution < 1.29 is 9.59 Å². The standard InChI is InChI=1S/C21H22N2O2/c1-13-6-4-10-16-14(13)9-5-11-19(16)23-21(25)18-12-22-20(24)17-8-3-2-7-15(17)18/h2-4,6-8,10,18-19H,5,9,11-12H2,1H3,(H,22,24)(H,23,25). The molecule has 0 fully saturated rings. The quantitative estimate of drug-likeness (QED) is 0.887. The number of hydrogen-bond donors (Lipinski definition) is 2. The molecule has 0 saturated carbocycles. The minimum atomic E-state index is -0.330. The van der Waals surface area contributed by atoms with E-state index in [1.54, 1.807) is 6.07 Å². The predicted octanol–water partition coefficient (Wildman–Crippen LogP) is 3.02. The fourth-order valence-corrected chi connectivity index (χ4v) is 4.10. The summed E-state index contributed by atoms with van der Waals surface area (Å²) in [4.78, 5) is 25.0. The second kappa shape index (κ2) is 6.36. The van der Waals surface area contributed by atoms with E-state index in [4.69, 9.17) is 0 Å². The molecular weight excluding hydrogens is 312 g/mol. The summed E-state index contributed by atoms with van der Waals surface area (Å²) in [6.45, 7) is 2.49. The lowest BCUT2D eigenvalue weighted by Gasteiger charge is -2.31. The number of fused-ring (bicyclic) bond motifs is 2. The van der Waals surface area contributed by atoms with Crippen LogP contribution in [0, 0.1) is 6.92 Å². The van der Waals surface area contributed by atoms with E-state index in [1.165, 1.54) is 16.7 Å². The van der Waals surface area contributed by atoms with E-state index in [-0.39, 0.29) is 23.8 Å². The molecule has 0 bridgehead atoms. The molecule has 4 rings (SSSR count). The van der Waals surface area contributed by atoms with Crippen LogP contribution in [-0.4, -0.2) is 18.4 Å². The van der Waals surface area contributed by atoms with Gasteiger partial charge in [0.05, 0.1) is 12.0 Å². The third-order valence-corrected chi connectivity index (χ3v) is 5.42. The fourth-order valence-electron chi connectivity index (χ4n) is 4.10. The Morgan fingerprint density at radius 3 is 2.80 bits per heavy atom. The predicted molar refractivity (Wildman–Crippen MR) is 96.5 cm³/mol. The maximum Gasteiger partial charge on any atom is 0.251 e. The third-order valence-electron chi connectivity index (χ3n) is 5.42. The zero-order valence-electron chi connectivity index (χ0n) is 14.3. The smallest absolute Gasteiger partial charge is 0.251 e. The second-order valence-electron chi connectivity index (χ2n) is 6.95. The molecule has 0 radical (unpaired) electrons. The first kappa shape index (κ1) is 15.9. The summed E-state index contributed by atoms with van der Waals surface area (Å²) < 4.78 is 0. The molecule has 2 N–H and O–H groups in total. The molecule has 2 aromatic carbocycles. The molecule has 4 heteroatoms. The molecule has 2 aromatic rings. The first-order chi connectivity index (χ1) is 12.1. The minimum absolute atomic E-state index is 0.00759. The molecule has 0 spiro atoms. The van der Waals surface area contributed by atoms with Crippen molar-refractivity contribution in [3.8, 4) is 0 Å². The summed E-state index contributed by atoms with van der Waals surface area (Å²) >= 11 is 0. The Morgan fingerprint density at radius 1 is 1.12 bits per heavy atom. The highest BCUT2D eigenvalue weighted by atomic mass is 16.2. The van der Waals surface area contributed by atoms with Crippen LogP contribution in [0.2, 0.25) is 0 Å². The molecule has 2 amide bonds.